The number of nitrogens with two attached hydrogens (primary N) is 1. The molecule has 3 rings (SSSR count). The zero-order chi connectivity index (χ0) is 16.1. The molecule has 0 bridgehead atoms. The molecule has 0 amide bonds. The number of ether oxygens (including phenoxy) is 1. The van der Waals surface area contributed by atoms with Gasteiger partial charge in [-0.25, -0.2) is 0 Å². The van der Waals surface area contributed by atoms with Gasteiger partial charge in [0, 0.05) is 43.2 Å². The Bertz CT molecular complexity index is 551. The number of aliphatic imine (C=N–C) groups is 1. The quantitative estimate of drug-likeness (QED) is 0.294. The van der Waals surface area contributed by atoms with Crippen molar-refractivity contribution in [1.29, 1.82) is 0 Å². The van der Waals surface area contributed by atoms with E-state index in [2.05, 4.69) is 21.3 Å². The molecule has 134 valence electrons. The molecule has 1 heterocycles. The van der Waals surface area contributed by atoms with Gasteiger partial charge in [0.2, 0.25) is 0 Å². The summed E-state index contributed by atoms with van der Waals surface area (Å²) in [5.74, 6) is 1.05. The fraction of sp³-hybridized carbons (Fsp3) is 0.588. The maximum absolute atomic E-state index is 6.04. The standard InChI is InChI=1S/C17H25ClN4O.HI/c18-14-4-1-3-13(11-14)15-12-16(15)21-17(19)20-5-2-6-22-7-9-23-10-8-22;/h1,3-4,11,15-16H,2,5-10,12H2,(H3,19,20,21);1H. The van der Waals surface area contributed by atoms with Crippen molar-refractivity contribution < 1.29 is 4.74 Å². The van der Waals surface area contributed by atoms with Crippen LogP contribution >= 0.6 is 35.6 Å². The molecule has 1 saturated heterocycles. The molecule has 2 fully saturated rings. The van der Waals surface area contributed by atoms with Crippen molar-refractivity contribution >= 4 is 41.5 Å². The average Bonchev–Trinajstić information content (AvgIpc) is 3.32. The second-order valence-corrected chi connectivity index (χ2v) is 6.66. The maximum Gasteiger partial charge on any atom is 0.188 e. The molecule has 0 radical (unpaired) electrons. The summed E-state index contributed by atoms with van der Waals surface area (Å²) in [6.07, 6.45) is 2.12. The minimum Gasteiger partial charge on any atom is -0.379 e. The Morgan fingerprint density at radius 1 is 1.38 bits per heavy atom. The monoisotopic (exact) mass is 464 g/mol. The highest BCUT2D eigenvalue weighted by atomic mass is 127. The Hall–Kier alpha value is -0.570. The van der Waals surface area contributed by atoms with Gasteiger partial charge < -0.3 is 15.8 Å². The van der Waals surface area contributed by atoms with E-state index in [1.54, 1.807) is 0 Å². The summed E-state index contributed by atoms with van der Waals surface area (Å²) in [5.41, 5.74) is 7.26. The van der Waals surface area contributed by atoms with Gasteiger partial charge in [-0.15, -0.1) is 24.0 Å². The largest absolute Gasteiger partial charge is 0.379 e. The molecule has 1 aliphatic carbocycles. The molecule has 1 saturated carbocycles. The van der Waals surface area contributed by atoms with Crippen molar-refractivity contribution in [2.24, 2.45) is 10.7 Å². The number of nitrogens with zero attached hydrogens (tertiary/aromatic N) is 2. The van der Waals surface area contributed by atoms with Gasteiger partial charge >= 0.3 is 0 Å². The zero-order valence-corrected chi connectivity index (χ0v) is 16.9. The number of morpholine rings is 1. The van der Waals surface area contributed by atoms with Crippen LogP contribution in [0.2, 0.25) is 5.02 Å². The smallest absolute Gasteiger partial charge is 0.188 e. The minimum atomic E-state index is 0. The van der Waals surface area contributed by atoms with E-state index in [4.69, 9.17) is 22.1 Å². The SMILES string of the molecule is I.NC(=NCCCN1CCOCC1)NC1CC1c1cccc(Cl)c1. The van der Waals surface area contributed by atoms with Crippen molar-refractivity contribution in [3.8, 4) is 0 Å². The van der Waals surface area contributed by atoms with Crippen LogP contribution in [0.5, 0.6) is 0 Å². The van der Waals surface area contributed by atoms with E-state index in [1.165, 1.54) is 5.56 Å². The highest BCUT2D eigenvalue weighted by Crippen LogP contribution is 2.41. The van der Waals surface area contributed by atoms with E-state index < -0.39 is 0 Å². The molecule has 1 aromatic carbocycles. The van der Waals surface area contributed by atoms with Crippen molar-refractivity contribution in [3.05, 3.63) is 34.9 Å². The van der Waals surface area contributed by atoms with E-state index in [1.807, 2.05) is 18.2 Å². The number of hydrogen-bond acceptors (Lipinski definition) is 3. The predicted molar refractivity (Wildman–Crippen MR) is 110 cm³/mol. The summed E-state index contributed by atoms with van der Waals surface area (Å²) in [4.78, 5) is 6.85. The van der Waals surface area contributed by atoms with Gasteiger partial charge in [0.25, 0.3) is 0 Å². The normalized spacial score (nSPS) is 24.3. The van der Waals surface area contributed by atoms with Crippen molar-refractivity contribution in [1.82, 2.24) is 10.2 Å². The number of guanidine groups is 1. The molecule has 2 aliphatic rings. The summed E-state index contributed by atoms with van der Waals surface area (Å²) in [7, 11) is 0. The third kappa shape index (κ3) is 6.06. The van der Waals surface area contributed by atoms with Crippen LogP contribution in [0.1, 0.15) is 24.3 Å². The summed E-state index contributed by atoms with van der Waals surface area (Å²) >= 11 is 6.04. The summed E-state index contributed by atoms with van der Waals surface area (Å²) in [5, 5.41) is 4.10. The lowest BCUT2D eigenvalue weighted by atomic mass is 10.1. The summed E-state index contributed by atoms with van der Waals surface area (Å²) in [6.45, 7) is 5.58. The van der Waals surface area contributed by atoms with Gasteiger partial charge in [-0.05, 0) is 30.5 Å². The van der Waals surface area contributed by atoms with E-state index in [0.717, 1.165) is 57.3 Å². The second kappa shape index (κ2) is 9.79. The van der Waals surface area contributed by atoms with Crippen LogP contribution in [0, 0.1) is 0 Å². The lowest BCUT2D eigenvalue weighted by molar-refractivity contribution is 0.0377. The first-order valence-corrected chi connectivity index (χ1v) is 8.72. The molecular weight excluding hydrogens is 439 g/mol. The topological polar surface area (TPSA) is 62.9 Å². The second-order valence-electron chi connectivity index (χ2n) is 6.22. The maximum atomic E-state index is 6.04. The highest BCUT2D eigenvalue weighted by molar-refractivity contribution is 14.0. The van der Waals surface area contributed by atoms with Crippen LogP contribution in [0.3, 0.4) is 0 Å². The van der Waals surface area contributed by atoms with E-state index >= 15 is 0 Å². The molecular formula is C17H26ClIN4O. The first-order chi connectivity index (χ1) is 11.2. The van der Waals surface area contributed by atoms with Crippen LogP contribution in [-0.4, -0.2) is 56.3 Å². The molecule has 0 aromatic heterocycles. The number of hydrogen-bond donors (Lipinski definition) is 2. The van der Waals surface area contributed by atoms with E-state index in [9.17, 15) is 0 Å². The molecule has 2 unspecified atom stereocenters. The van der Waals surface area contributed by atoms with Gasteiger partial charge in [-0.2, -0.15) is 0 Å². The Balaban J connectivity index is 0.00000208. The van der Waals surface area contributed by atoms with Gasteiger partial charge in [0.15, 0.2) is 5.96 Å². The summed E-state index contributed by atoms with van der Waals surface area (Å²) in [6, 6.07) is 8.43. The highest BCUT2D eigenvalue weighted by Gasteiger charge is 2.38. The first-order valence-electron chi connectivity index (χ1n) is 8.34. The van der Waals surface area contributed by atoms with Gasteiger partial charge in [0.1, 0.15) is 0 Å². The Kier molecular flexibility index (Phi) is 8.06. The van der Waals surface area contributed by atoms with Crippen LogP contribution in [0.4, 0.5) is 0 Å². The van der Waals surface area contributed by atoms with Crippen LogP contribution in [-0.2, 0) is 4.74 Å². The first kappa shape index (κ1) is 19.8. The number of nitrogens with one attached hydrogen (secondary N) is 1. The third-order valence-electron chi connectivity index (χ3n) is 4.42. The van der Waals surface area contributed by atoms with Gasteiger partial charge in [-0.3, -0.25) is 9.89 Å². The molecule has 1 aliphatic heterocycles. The molecule has 1 aromatic rings. The van der Waals surface area contributed by atoms with Gasteiger partial charge in [-0.1, -0.05) is 23.7 Å². The van der Waals surface area contributed by atoms with Crippen molar-refractivity contribution in [3.63, 3.8) is 0 Å². The predicted octanol–water partition coefficient (Wildman–Crippen LogP) is 2.44. The lowest BCUT2D eigenvalue weighted by Gasteiger charge is -2.26. The zero-order valence-electron chi connectivity index (χ0n) is 13.8. The van der Waals surface area contributed by atoms with Crippen LogP contribution < -0.4 is 11.1 Å². The van der Waals surface area contributed by atoms with Crippen molar-refractivity contribution in [2.45, 2.75) is 24.8 Å². The fourth-order valence-corrected chi connectivity index (χ4v) is 3.21. The molecule has 5 nitrogen and oxygen atoms in total. The molecule has 2 atom stereocenters. The average molecular weight is 465 g/mol. The Labute approximate surface area is 166 Å². The van der Waals surface area contributed by atoms with Gasteiger partial charge in [0.05, 0.1) is 13.2 Å². The minimum absolute atomic E-state index is 0. The number of halogens is 2. The van der Waals surface area contributed by atoms with Crippen molar-refractivity contribution in [2.75, 3.05) is 39.4 Å². The van der Waals surface area contributed by atoms with Crippen LogP contribution in [0.25, 0.3) is 0 Å². The molecule has 3 N–H and O–H groups in total. The molecule has 24 heavy (non-hydrogen) atoms. The van der Waals surface area contributed by atoms with E-state index in [-0.39, 0.29) is 24.0 Å². The third-order valence-corrected chi connectivity index (χ3v) is 4.65. The van der Waals surface area contributed by atoms with E-state index in [0.29, 0.717) is 17.9 Å². The molecule has 7 heteroatoms. The Morgan fingerprint density at radius 2 is 2.17 bits per heavy atom. The number of benzene rings is 1. The molecule has 0 spiro atoms. The summed E-state index contributed by atoms with van der Waals surface area (Å²) < 4.78 is 5.34. The lowest BCUT2D eigenvalue weighted by Crippen LogP contribution is -2.37. The Morgan fingerprint density at radius 3 is 2.92 bits per heavy atom. The number of rotatable bonds is 6. The fourth-order valence-electron chi connectivity index (χ4n) is 3.01. The van der Waals surface area contributed by atoms with Crippen LogP contribution in [0.15, 0.2) is 29.3 Å².